The molecule has 3 rings (SSSR count). The monoisotopic (exact) mass is 1980 g/mol. The van der Waals surface area contributed by atoms with Crippen LogP contribution in [-0.4, -0.2) is 402 Å². The summed E-state index contributed by atoms with van der Waals surface area (Å²) in [5.74, 6) is -1.66. The third-order valence-corrected chi connectivity index (χ3v) is 26.1. The first kappa shape index (κ1) is 127. The third kappa shape index (κ3) is 51.2. The lowest BCUT2D eigenvalue weighted by Gasteiger charge is -2.41. The molecule has 0 saturated carbocycles. The lowest BCUT2D eigenvalue weighted by molar-refractivity contribution is -0.181. The zero-order valence-electron chi connectivity index (χ0n) is 82.9. The largest absolute Gasteiger partial charge is 0.481 e. The number of benzene rings is 1. The number of likely N-dealkylation sites (N-methyl/N-ethyl adjacent to an activating group) is 2. The number of carboxylic acids is 1. The maximum atomic E-state index is 14.5. The molecule has 772 valence electrons. The van der Waals surface area contributed by atoms with Crippen LogP contribution in [-0.2, 0) is 116 Å². The molecule has 0 spiro atoms. The van der Waals surface area contributed by atoms with Crippen LogP contribution in [0.5, 0.6) is 0 Å². The van der Waals surface area contributed by atoms with Crippen molar-refractivity contribution in [1.29, 1.82) is 0 Å². The third-order valence-electron chi connectivity index (χ3n) is 22.1. The van der Waals surface area contributed by atoms with Gasteiger partial charge in [-0.05, 0) is 89.1 Å². The maximum absolute atomic E-state index is 14.5. The predicted molar refractivity (Wildman–Crippen MR) is 514 cm³/mol. The molecule has 0 radical (unpaired) electrons. The number of hydrogen-bond donors (Lipinski definition) is 11. The van der Waals surface area contributed by atoms with E-state index in [1.807, 2.05) is 125 Å². The van der Waals surface area contributed by atoms with E-state index in [-0.39, 0.29) is 193 Å². The molecule has 10 unspecified atom stereocenters. The molecule has 2 fully saturated rings. The lowest BCUT2D eigenvalue weighted by atomic mass is 9.89. The number of methoxy groups -OCH3 is 6. The van der Waals surface area contributed by atoms with Crippen molar-refractivity contribution in [3.63, 3.8) is 0 Å². The van der Waals surface area contributed by atoms with Crippen LogP contribution in [0, 0.1) is 23.7 Å². The fourth-order valence-corrected chi connectivity index (χ4v) is 17.4. The zero-order valence-corrected chi connectivity index (χ0v) is 86.2. The fourth-order valence-electron chi connectivity index (χ4n) is 14.0. The Kier molecular flexibility index (Phi) is 72.1. The number of carbonyl (C=O) groups is 11. The van der Waals surface area contributed by atoms with Crippen LogP contribution >= 0.6 is 47.0 Å². The van der Waals surface area contributed by atoms with Crippen molar-refractivity contribution in [2.45, 2.75) is 270 Å². The Bertz CT molecular complexity index is 3320. The number of ether oxygens (including phenoxy) is 12. The van der Waals surface area contributed by atoms with E-state index in [1.54, 1.807) is 30.9 Å². The first-order valence-electron chi connectivity index (χ1n) is 46.0. The standard InChI is InChI=1S/C57H99N7O14S.C17H30N2O6S2.C10H20O5S.C7H16O4/c1-16-38(7)51(63(12)56(71)49(36(3)4)61-55(70)50(37(5)6)62(10)11)45(73-13)33-47(67)64-27-21-24-44(64)52(75-15)39(8)53(68)60-43(32-41-22-19-18-20-23-41)54(69)58-26-28-76-29-30-77-57(72)40(9)59-46(66)25-31-79-35-48(74-14)78-42(17-2)34-65;1-4-12(10-20)25-16(24-2)11-27-8-5-14(21)18-6-7-19-15(22)9-13(26-3)17(19)23;1-3-8(6-11)15-10(14-2)7-16-5-4-9(12)13;1-3-6(4-8)11-7(5-9)10-2/h18-20,22-23,36-40,42-45,48-52,65H,16-17,21,24-35H2,1-15H3,(H,58,69)(H,59,66)(H,60,68)(H,61,70);12-13,16,20H,4-11H2,1-3H3,(H,18,21);8,10-11H,3-7H2,1-2H3,(H,12,13);6-9H,3-5H2,1-2H3/t38-,39+,40-,42?,43-,44-,45+,48?,49-,50-,51?,52+;;;/m0.../s1. The number of aliphatic hydroxyl groups is 5. The topological polar surface area (TPSA) is 493 Å². The molecule has 42 heteroatoms. The van der Waals surface area contributed by atoms with E-state index in [0.29, 0.717) is 86.0 Å². The summed E-state index contributed by atoms with van der Waals surface area (Å²) in [6.45, 7) is 23.3. The number of aliphatic carboxylic acids is 1. The van der Waals surface area contributed by atoms with E-state index >= 15 is 0 Å². The summed E-state index contributed by atoms with van der Waals surface area (Å²) in [6, 6.07) is 5.22. The SMILES string of the molecule is CCC(CO)OC(CO)OC.CCC(CO)OC(CSCCC(=O)NCCN1C(=O)CC(SC)C1=O)OC.CCC(CO)OC(CSCCC(=O)N[C@@H](C)C(=O)OCCOCCNC(=O)[C@H](Cc1ccccc1)NC(=O)[C@H](C)[C@@H](OC)[C@@H]1CCCN1C(=O)C[C@@H](OC)C([C@@H](C)CC)N(C)C(=O)[C@@H](NC(=O)[C@H](C(C)C)N(C)C)C(C)C)OC.CCC(CO)OC(CSCCC(=O)O)OC. The smallest absolute Gasteiger partial charge is 0.328 e. The second-order valence-corrected chi connectivity index (χ2v) is 37.3. The molecule has 19 atom stereocenters. The number of carbonyl (C=O) groups excluding carboxylic acids is 10. The highest BCUT2D eigenvalue weighted by Crippen LogP contribution is 2.31. The number of hydrogen-bond acceptors (Lipinski definition) is 33. The van der Waals surface area contributed by atoms with Crippen molar-refractivity contribution in [3.8, 4) is 0 Å². The number of nitrogens with zero attached hydrogens (tertiary/aromatic N) is 4. The number of esters is 1. The van der Waals surface area contributed by atoms with Gasteiger partial charge in [0.05, 0.1) is 125 Å². The van der Waals surface area contributed by atoms with Gasteiger partial charge in [-0.3, -0.25) is 57.7 Å². The zero-order chi connectivity index (χ0) is 101. The average molecular weight is 1980 g/mol. The number of rotatable bonds is 69. The molecule has 38 nitrogen and oxygen atoms in total. The van der Waals surface area contributed by atoms with Crippen LogP contribution in [0.15, 0.2) is 30.3 Å². The Hall–Kier alpha value is -5.69. The van der Waals surface area contributed by atoms with Crippen LogP contribution in [0.4, 0.5) is 0 Å². The van der Waals surface area contributed by atoms with Crippen molar-refractivity contribution < 1.29 is 140 Å². The molecule has 2 saturated heterocycles. The number of thioether (sulfide) groups is 4. The Labute approximate surface area is 807 Å². The molecule has 9 amide bonds. The van der Waals surface area contributed by atoms with Gasteiger partial charge in [-0.15, -0.1) is 0 Å². The summed E-state index contributed by atoms with van der Waals surface area (Å²) in [7, 11) is 14.5. The van der Waals surface area contributed by atoms with Gasteiger partial charge in [0.15, 0.2) is 25.2 Å². The van der Waals surface area contributed by atoms with Gasteiger partial charge in [0, 0.05) is 136 Å². The van der Waals surface area contributed by atoms with Crippen LogP contribution < -0.4 is 26.6 Å². The van der Waals surface area contributed by atoms with Gasteiger partial charge < -0.3 is 124 Å². The highest BCUT2D eigenvalue weighted by atomic mass is 32.2. The molecule has 2 heterocycles. The molecule has 133 heavy (non-hydrogen) atoms. The number of imide groups is 1. The molecule has 11 N–H and O–H groups in total. The van der Waals surface area contributed by atoms with Gasteiger partial charge in [0.2, 0.25) is 53.2 Å². The van der Waals surface area contributed by atoms with Crippen molar-refractivity contribution in [1.82, 2.24) is 46.2 Å². The Morgan fingerprint density at radius 1 is 0.564 bits per heavy atom. The van der Waals surface area contributed by atoms with Crippen molar-refractivity contribution in [2.24, 2.45) is 23.7 Å². The number of carboxylic acid groups (broad SMARTS) is 1. The van der Waals surface area contributed by atoms with E-state index in [9.17, 15) is 57.8 Å². The van der Waals surface area contributed by atoms with Gasteiger partial charge in [-0.2, -0.15) is 47.0 Å². The molecule has 2 aliphatic heterocycles. The van der Waals surface area contributed by atoms with E-state index in [4.69, 9.17) is 82.4 Å². The summed E-state index contributed by atoms with van der Waals surface area (Å²) in [6.07, 6.45) is 3.13. The molecule has 0 aliphatic carbocycles. The summed E-state index contributed by atoms with van der Waals surface area (Å²) >= 11 is 5.82. The van der Waals surface area contributed by atoms with Crippen molar-refractivity contribution in [3.05, 3.63) is 35.9 Å². The first-order valence-corrected chi connectivity index (χ1v) is 50.7. The summed E-state index contributed by atoms with van der Waals surface area (Å²) in [5.41, 5.74) is 0.823. The lowest BCUT2D eigenvalue weighted by Crippen LogP contribution is -2.59. The molecule has 0 bridgehead atoms. The molecule has 1 aromatic carbocycles. The van der Waals surface area contributed by atoms with E-state index in [2.05, 4.69) is 26.6 Å². The van der Waals surface area contributed by atoms with Crippen molar-refractivity contribution >= 4 is 112 Å². The molecule has 2 aliphatic rings. The van der Waals surface area contributed by atoms with Gasteiger partial charge in [0.1, 0.15) is 24.7 Å². The van der Waals surface area contributed by atoms with Crippen LogP contribution in [0.2, 0.25) is 0 Å². The van der Waals surface area contributed by atoms with Crippen molar-refractivity contribution in [2.75, 3.05) is 184 Å². The normalized spacial score (nSPS) is 17.7. The van der Waals surface area contributed by atoms with E-state index in [1.165, 1.54) is 94.4 Å². The minimum atomic E-state index is -0.970. The molecular formula is C91H165N9O29S4. The minimum absolute atomic E-state index is 0.0109. The second kappa shape index (κ2) is 75.3. The van der Waals surface area contributed by atoms with Gasteiger partial charge in [-0.25, -0.2) is 4.79 Å². The summed E-state index contributed by atoms with van der Waals surface area (Å²) in [5, 5.41) is 67.2. The Balaban J connectivity index is 0.00000257. The highest BCUT2D eigenvalue weighted by Gasteiger charge is 2.45. The number of nitrogens with one attached hydrogen (secondary N) is 5. The van der Waals surface area contributed by atoms with Gasteiger partial charge in [-0.1, -0.05) is 113 Å². The van der Waals surface area contributed by atoms with Crippen LogP contribution in [0.25, 0.3) is 0 Å². The summed E-state index contributed by atoms with van der Waals surface area (Å²) < 4.78 is 65.3. The van der Waals surface area contributed by atoms with E-state index < -0.39 is 103 Å². The van der Waals surface area contributed by atoms with Gasteiger partial charge >= 0.3 is 11.9 Å². The molecule has 1 aromatic rings. The number of likely N-dealkylation sites (tertiary alicyclic amines) is 2. The summed E-state index contributed by atoms with van der Waals surface area (Å²) in [4.78, 5) is 148. The maximum Gasteiger partial charge on any atom is 0.328 e. The highest BCUT2D eigenvalue weighted by molar-refractivity contribution is 8.00. The average Bonchev–Trinajstić information content (AvgIpc) is 1.80. The van der Waals surface area contributed by atoms with E-state index in [0.717, 1.165) is 12.0 Å². The second-order valence-electron chi connectivity index (χ2n) is 32.9. The molecule has 0 aromatic heterocycles. The van der Waals surface area contributed by atoms with Crippen LogP contribution in [0.1, 0.15) is 166 Å². The van der Waals surface area contributed by atoms with Gasteiger partial charge in [0.25, 0.3) is 0 Å². The predicted octanol–water partition coefficient (Wildman–Crippen LogP) is 4.59. The van der Waals surface area contributed by atoms with Crippen LogP contribution in [0.3, 0.4) is 0 Å². The number of aliphatic hydroxyl groups excluding tert-OH is 5. The minimum Gasteiger partial charge on any atom is -0.481 e. The Morgan fingerprint density at radius 2 is 1.08 bits per heavy atom. The Morgan fingerprint density at radius 3 is 1.51 bits per heavy atom. The fraction of sp³-hybridized carbons (Fsp3) is 0.813. The number of amides is 9. The quantitative estimate of drug-likeness (QED) is 0.0184. The first-order chi connectivity index (χ1) is 63.4. The molecular weight excluding hydrogens is 1810 g/mol.